The summed E-state index contributed by atoms with van der Waals surface area (Å²) < 4.78 is 30.4. The fraction of sp³-hybridized carbons (Fsp3) is 0.455. The number of amides is 1. The van der Waals surface area contributed by atoms with Crippen molar-refractivity contribution in [3.8, 4) is 0 Å². The Bertz CT molecular complexity index is 646. The summed E-state index contributed by atoms with van der Waals surface area (Å²) in [6.45, 7) is 0.727. The molecule has 0 bridgehead atoms. The molecule has 0 spiro atoms. The minimum absolute atomic E-state index is 0.131. The molecule has 9 heteroatoms. The number of sulfonamides is 1. The number of carbonyl (C=O) groups is 1. The molecule has 0 saturated carbocycles. The maximum absolute atomic E-state index is 12.3. The Hall–Kier alpha value is -1.87. The van der Waals surface area contributed by atoms with Gasteiger partial charge >= 0.3 is 6.09 Å². The number of hydrogen-bond donors (Lipinski definition) is 1. The molecule has 1 aliphatic rings. The SMILES string of the molecule is COC(=O)N1CCN(S(=O)(=O)c2c[nH]ccc2=O)CC1. The standard InChI is InChI=1S/C11H15N3O5S/c1-19-11(16)13-4-6-14(7-5-13)20(17,18)10-8-12-3-2-9(10)15/h2-3,8H,4-7H2,1H3,(H,12,15). The van der Waals surface area contributed by atoms with Crippen LogP contribution in [0.25, 0.3) is 0 Å². The number of pyridine rings is 1. The lowest BCUT2D eigenvalue weighted by Gasteiger charge is -2.32. The molecular weight excluding hydrogens is 286 g/mol. The second kappa shape index (κ2) is 5.63. The highest BCUT2D eigenvalue weighted by Gasteiger charge is 2.31. The molecule has 1 aromatic heterocycles. The van der Waals surface area contributed by atoms with Gasteiger partial charge in [0.25, 0.3) is 0 Å². The first-order valence-corrected chi connectivity index (χ1v) is 7.41. The molecule has 0 unspecified atom stereocenters. The molecule has 2 rings (SSSR count). The number of aromatic amines is 1. The quantitative estimate of drug-likeness (QED) is 0.790. The number of aromatic nitrogens is 1. The van der Waals surface area contributed by atoms with Gasteiger partial charge in [0.15, 0.2) is 0 Å². The Morgan fingerprint density at radius 1 is 1.30 bits per heavy atom. The third-order valence-corrected chi connectivity index (χ3v) is 5.00. The fourth-order valence-electron chi connectivity index (χ4n) is 1.98. The molecule has 0 atom stereocenters. The normalized spacial score (nSPS) is 16.9. The van der Waals surface area contributed by atoms with E-state index in [1.54, 1.807) is 0 Å². The highest BCUT2D eigenvalue weighted by atomic mass is 32.2. The zero-order valence-electron chi connectivity index (χ0n) is 10.9. The lowest BCUT2D eigenvalue weighted by molar-refractivity contribution is 0.108. The summed E-state index contributed by atoms with van der Waals surface area (Å²) >= 11 is 0. The summed E-state index contributed by atoms with van der Waals surface area (Å²) in [4.78, 5) is 26.7. The van der Waals surface area contributed by atoms with E-state index < -0.39 is 21.5 Å². The van der Waals surface area contributed by atoms with E-state index in [0.717, 1.165) is 6.07 Å². The first-order valence-electron chi connectivity index (χ1n) is 5.97. The first kappa shape index (κ1) is 14.5. The van der Waals surface area contributed by atoms with Gasteiger partial charge in [0, 0.05) is 44.6 Å². The van der Waals surface area contributed by atoms with Gasteiger partial charge < -0.3 is 14.6 Å². The summed E-state index contributed by atoms with van der Waals surface area (Å²) in [6, 6.07) is 1.16. The van der Waals surface area contributed by atoms with E-state index in [9.17, 15) is 18.0 Å². The smallest absolute Gasteiger partial charge is 0.409 e. The first-order chi connectivity index (χ1) is 9.46. The summed E-state index contributed by atoms with van der Waals surface area (Å²) in [7, 11) is -2.56. The zero-order chi connectivity index (χ0) is 14.8. The Kier molecular flexibility index (Phi) is 4.09. The Balaban J connectivity index is 2.16. The molecule has 1 saturated heterocycles. The third-order valence-electron chi connectivity index (χ3n) is 3.08. The van der Waals surface area contributed by atoms with Crippen LogP contribution < -0.4 is 5.43 Å². The van der Waals surface area contributed by atoms with Crippen molar-refractivity contribution in [3.63, 3.8) is 0 Å². The topological polar surface area (TPSA) is 99.8 Å². The number of rotatable bonds is 2. The molecule has 0 aliphatic carbocycles. The van der Waals surface area contributed by atoms with Crippen LogP contribution in [-0.2, 0) is 14.8 Å². The number of nitrogens with one attached hydrogen (secondary N) is 1. The van der Waals surface area contributed by atoms with Crippen LogP contribution in [0, 0.1) is 0 Å². The van der Waals surface area contributed by atoms with Crippen molar-refractivity contribution in [2.75, 3.05) is 33.3 Å². The molecule has 20 heavy (non-hydrogen) atoms. The molecule has 1 aliphatic heterocycles. The van der Waals surface area contributed by atoms with E-state index in [1.807, 2.05) is 0 Å². The number of ether oxygens (including phenoxy) is 1. The van der Waals surface area contributed by atoms with Crippen LogP contribution in [-0.4, -0.2) is 62.0 Å². The number of H-pyrrole nitrogens is 1. The van der Waals surface area contributed by atoms with Crippen LogP contribution in [0.4, 0.5) is 4.79 Å². The van der Waals surface area contributed by atoms with E-state index in [2.05, 4.69) is 9.72 Å². The second-order valence-electron chi connectivity index (χ2n) is 4.23. The van der Waals surface area contributed by atoms with Gasteiger partial charge in [0.2, 0.25) is 15.5 Å². The molecule has 0 aromatic carbocycles. The van der Waals surface area contributed by atoms with Gasteiger partial charge in [0.1, 0.15) is 4.90 Å². The van der Waals surface area contributed by atoms with Crippen LogP contribution in [0.15, 0.2) is 28.2 Å². The largest absolute Gasteiger partial charge is 0.453 e. The van der Waals surface area contributed by atoms with Crippen LogP contribution in [0.1, 0.15) is 0 Å². The summed E-state index contributed by atoms with van der Waals surface area (Å²) in [5.41, 5.74) is -0.556. The average molecular weight is 301 g/mol. The van der Waals surface area contributed by atoms with Gasteiger partial charge in [-0.2, -0.15) is 4.31 Å². The van der Waals surface area contributed by atoms with Crippen molar-refractivity contribution in [3.05, 3.63) is 28.7 Å². The molecule has 1 amide bonds. The van der Waals surface area contributed by atoms with Gasteiger partial charge in [-0.05, 0) is 0 Å². The predicted octanol–water partition coefficient (Wildman–Crippen LogP) is -0.552. The van der Waals surface area contributed by atoms with Gasteiger partial charge in [-0.1, -0.05) is 0 Å². The molecular formula is C11H15N3O5S. The van der Waals surface area contributed by atoms with Gasteiger partial charge in [0.05, 0.1) is 7.11 Å². The zero-order valence-corrected chi connectivity index (χ0v) is 11.7. The summed E-state index contributed by atoms with van der Waals surface area (Å²) in [5.74, 6) is 0. The molecule has 8 nitrogen and oxygen atoms in total. The fourth-order valence-corrected chi connectivity index (χ4v) is 3.44. The number of hydrogen-bond acceptors (Lipinski definition) is 5. The molecule has 1 fully saturated rings. The van der Waals surface area contributed by atoms with E-state index in [-0.39, 0.29) is 31.1 Å². The van der Waals surface area contributed by atoms with Crippen LogP contribution in [0.5, 0.6) is 0 Å². The van der Waals surface area contributed by atoms with Crippen molar-refractivity contribution in [2.45, 2.75) is 4.90 Å². The summed E-state index contributed by atoms with van der Waals surface area (Å²) in [5, 5.41) is 0. The van der Waals surface area contributed by atoms with Gasteiger partial charge in [-0.15, -0.1) is 0 Å². The lowest BCUT2D eigenvalue weighted by atomic mass is 10.4. The lowest BCUT2D eigenvalue weighted by Crippen LogP contribution is -2.51. The number of methoxy groups -OCH3 is 1. The average Bonchev–Trinajstić information content (AvgIpc) is 2.47. The highest BCUT2D eigenvalue weighted by molar-refractivity contribution is 7.89. The van der Waals surface area contributed by atoms with Crippen molar-refractivity contribution in [1.82, 2.24) is 14.2 Å². The van der Waals surface area contributed by atoms with Gasteiger partial charge in [-0.3, -0.25) is 4.79 Å². The van der Waals surface area contributed by atoms with Crippen LogP contribution >= 0.6 is 0 Å². The van der Waals surface area contributed by atoms with Crippen LogP contribution in [0.2, 0.25) is 0 Å². The predicted molar refractivity (Wildman–Crippen MR) is 69.8 cm³/mol. The molecule has 1 aromatic rings. The minimum Gasteiger partial charge on any atom is -0.453 e. The Labute approximate surface area is 116 Å². The second-order valence-corrected chi connectivity index (χ2v) is 6.14. The van der Waals surface area contributed by atoms with Crippen molar-refractivity contribution in [1.29, 1.82) is 0 Å². The van der Waals surface area contributed by atoms with E-state index in [1.165, 1.54) is 28.7 Å². The molecule has 1 N–H and O–H groups in total. The minimum atomic E-state index is -3.84. The Morgan fingerprint density at radius 3 is 2.50 bits per heavy atom. The third kappa shape index (κ3) is 2.68. The molecule has 110 valence electrons. The van der Waals surface area contributed by atoms with E-state index in [0.29, 0.717) is 0 Å². The van der Waals surface area contributed by atoms with Crippen molar-refractivity contribution in [2.24, 2.45) is 0 Å². The summed E-state index contributed by atoms with van der Waals surface area (Å²) in [6.07, 6.45) is 2.06. The molecule has 2 heterocycles. The number of piperazine rings is 1. The Morgan fingerprint density at radius 2 is 1.95 bits per heavy atom. The number of carbonyl (C=O) groups excluding carboxylic acids is 1. The maximum Gasteiger partial charge on any atom is 0.409 e. The number of nitrogens with zero attached hydrogens (tertiary/aromatic N) is 2. The highest BCUT2D eigenvalue weighted by Crippen LogP contribution is 2.14. The van der Waals surface area contributed by atoms with Crippen molar-refractivity contribution < 1.29 is 17.9 Å². The maximum atomic E-state index is 12.3. The van der Waals surface area contributed by atoms with Crippen LogP contribution in [0.3, 0.4) is 0 Å². The van der Waals surface area contributed by atoms with E-state index in [4.69, 9.17) is 0 Å². The van der Waals surface area contributed by atoms with E-state index >= 15 is 0 Å². The van der Waals surface area contributed by atoms with Crippen molar-refractivity contribution >= 4 is 16.1 Å². The van der Waals surface area contributed by atoms with Gasteiger partial charge in [-0.25, -0.2) is 13.2 Å². The molecule has 0 radical (unpaired) electrons. The monoisotopic (exact) mass is 301 g/mol.